The van der Waals surface area contributed by atoms with Crippen LogP contribution in [0, 0.1) is 6.92 Å². The second-order valence-corrected chi connectivity index (χ2v) is 3.53. The van der Waals surface area contributed by atoms with Crippen molar-refractivity contribution in [1.82, 2.24) is 4.98 Å². The summed E-state index contributed by atoms with van der Waals surface area (Å²) in [6.07, 6.45) is 0. The molecule has 1 rings (SSSR count). The molecule has 88 valence electrons. The number of aryl methyl sites for hydroxylation is 1. The maximum Gasteiger partial charge on any atom is 0.384 e. The van der Waals surface area contributed by atoms with E-state index in [9.17, 15) is 13.6 Å². The second-order valence-electron chi connectivity index (χ2n) is 3.15. The van der Waals surface area contributed by atoms with Gasteiger partial charge in [0.1, 0.15) is 10.8 Å². The largest absolute Gasteiger partial charge is 0.461 e. The summed E-state index contributed by atoms with van der Waals surface area (Å²) in [5.74, 6) is -5.39. The molecule has 0 N–H and O–H groups in total. The van der Waals surface area contributed by atoms with Gasteiger partial charge in [-0.15, -0.1) is 0 Å². The van der Waals surface area contributed by atoms with Gasteiger partial charge in [0.15, 0.2) is 0 Å². The Labute approximate surface area is 96.4 Å². The van der Waals surface area contributed by atoms with E-state index in [-0.39, 0.29) is 11.8 Å². The van der Waals surface area contributed by atoms with E-state index >= 15 is 0 Å². The summed E-state index contributed by atoms with van der Waals surface area (Å²) in [5.41, 5.74) is -0.199. The number of rotatable bonds is 3. The molecule has 0 spiro atoms. The molecule has 0 atom stereocenters. The zero-order valence-electron chi connectivity index (χ0n) is 8.76. The highest BCUT2D eigenvalue weighted by Crippen LogP contribution is 2.29. The van der Waals surface area contributed by atoms with Crippen LogP contribution in [0.1, 0.15) is 18.2 Å². The summed E-state index contributed by atoms with van der Waals surface area (Å²) in [5, 5.41) is -0.0843. The van der Waals surface area contributed by atoms with Crippen molar-refractivity contribution in [2.75, 3.05) is 6.61 Å². The molecule has 0 aromatic carbocycles. The molecule has 1 aromatic heterocycles. The molecule has 0 aliphatic carbocycles. The first kappa shape index (κ1) is 12.8. The summed E-state index contributed by atoms with van der Waals surface area (Å²) in [4.78, 5) is 14.5. The Kier molecular flexibility index (Phi) is 3.80. The van der Waals surface area contributed by atoms with Crippen LogP contribution in [0.4, 0.5) is 8.78 Å². The highest BCUT2D eigenvalue weighted by atomic mass is 35.5. The highest BCUT2D eigenvalue weighted by Gasteiger charge is 2.44. The van der Waals surface area contributed by atoms with Gasteiger partial charge >= 0.3 is 11.9 Å². The average Bonchev–Trinajstić information content (AvgIpc) is 2.16. The number of halogens is 3. The molecular formula is C10H10ClF2NO2. The molecule has 1 heterocycles. The van der Waals surface area contributed by atoms with E-state index in [1.807, 2.05) is 0 Å². The van der Waals surface area contributed by atoms with E-state index in [0.29, 0.717) is 5.56 Å². The second kappa shape index (κ2) is 4.74. The number of nitrogens with zero attached hydrogens (tertiary/aromatic N) is 1. The van der Waals surface area contributed by atoms with Gasteiger partial charge in [0, 0.05) is 0 Å². The Balaban J connectivity index is 3.10. The van der Waals surface area contributed by atoms with Crippen molar-refractivity contribution in [3.05, 3.63) is 28.5 Å². The van der Waals surface area contributed by atoms with E-state index in [0.717, 1.165) is 6.07 Å². The molecule has 3 nitrogen and oxygen atoms in total. The van der Waals surface area contributed by atoms with Crippen LogP contribution in [0.5, 0.6) is 0 Å². The molecule has 6 heteroatoms. The number of pyridine rings is 1. The molecule has 0 fully saturated rings. The van der Waals surface area contributed by atoms with Gasteiger partial charge in [-0.05, 0) is 31.5 Å². The number of aromatic nitrogens is 1. The smallest absolute Gasteiger partial charge is 0.384 e. The minimum absolute atomic E-state index is 0.0843. The van der Waals surface area contributed by atoms with Crippen LogP contribution >= 0.6 is 11.6 Å². The molecule has 0 bridgehead atoms. The van der Waals surface area contributed by atoms with E-state index in [1.165, 1.54) is 13.0 Å². The van der Waals surface area contributed by atoms with E-state index in [2.05, 4.69) is 9.72 Å². The predicted octanol–water partition coefficient (Wildman–Crippen LogP) is 2.70. The fourth-order valence-electron chi connectivity index (χ4n) is 1.11. The van der Waals surface area contributed by atoms with Gasteiger partial charge in [0.25, 0.3) is 0 Å². The van der Waals surface area contributed by atoms with Gasteiger partial charge in [0.05, 0.1) is 6.61 Å². The van der Waals surface area contributed by atoms with Crippen LogP contribution in [-0.4, -0.2) is 17.6 Å². The summed E-state index contributed by atoms with van der Waals surface area (Å²) in [7, 11) is 0. The van der Waals surface area contributed by atoms with Crippen LogP contribution in [0.15, 0.2) is 12.1 Å². The SMILES string of the molecule is CCOC(=O)C(F)(F)c1cc(C)cc(Cl)n1. The summed E-state index contributed by atoms with van der Waals surface area (Å²) in [6.45, 7) is 2.91. The number of hydrogen-bond acceptors (Lipinski definition) is 3. The lowest BCUT2D eigenvalue weighted by atomic mass is 10.1. The van der Waals surface area contributed by atoms with Crippen LogP contribution < -0.4 is 0 Å². The number of carbonyl (C=O) groups excluding carboxylic acids is 1. The third-order valence-corrected chi connectivity index (χ3v) is 1.99. The van der Waals surface area contributed by atoms with Gasteiger partial charge in [-0.2, -0.15) is 8.78 Å². The van der Waals surface area contributed by atoms with Crippen LogP contribution in [0.2, 0.25) is 5.15 Å². The standard InChI is InChI=1S/C10H10ClF2NO2/c1-3-16-9(15)10(12,13)7-4-6(2)5-8(11)14-7/h4-5H,3H2,1-2H3. The number of esters is 1. The Bertz CT molecular complexity index is 390. The normalized spacial score (nSPS) is 11.3. The summed E-state index contributed by atoms with van der Waals surface area (Å²) < 4.78 is 31.3. The molecule has 0 radical (unpaired) electrons. The van der Waals surface area contributed by atoms with E-state index in [1.54, 1.807) is 6.92 Å². The average molecular weight is 250 g/mol. The zero-order valence-corrected chi connectivity index (χ0v) is 9.52. The number of ether oxygens (including phenoxy) is 1. The van der Waals surface area contributed by atoms with Crippen LogP contribution in [0.25, 0.3) is 0 Å². The third kappa shape index (κ3) is 2.66. The molecule has 0 unspecified atom stereocenters. The first-order chi connectivity index (χ1) is 7.37. The molecule has 0 saturated heterocycles. The summed E-state index contributed by atoms with van der Waals surface area (Å²) >= 11 is 5.54. The Morgan fingerprint density at radius 2 is 2.19 bits per heavy atom. The van der Waals surface area contributed by atoms with Crippen molar-refractivity contribution < 1.29 is 18.3 Å². The minimum atomic E-state index is -3.77. The van der Waals surface area contributed by atoms with Crippen molar-refractivity contribution in [3.63, 3.8) is 0 Å². The molecule has 0 aliphatic heterocycles. The summed E-state index contributed by atoms with van der Waals surface area (Å²) in [6, 6.07) is 2.52. The number of alkyl halides is 2. The maximum absolute atomic E-state index is 13.5. The van der Waals surface area contributed by atoms with E-state index < -0.39 is 17.6 Å². The first-order valence-electron chi connectivity index (χ1n) is 4.57. The Morgan fingerprint density at radius 3 is 2.69 bits per heavy atom. The fraction of sp³-hybridized carbons (Fsp3) is 0.400. The lowest BCUT2D eigenvalue weighted by Gasteiger charge is -2.14. The van der Waals surface area contributed by atoms with Gasteiger partial charge in [-0.3, -0.25) is 0 Å². The van der Waals surface area contributed by atoms with Crippen molar-refractivity contribution in [2.24, 2.45) is 0 Å². The van der Waals surface area contributed by atoms with Gasteiger partial charge in [-0.25, -0.2) is 9.78 Å². The molecule has 0 saturated carbocycles. The van der Waals surface area contributed by atoms with E-state index in [4.69, 9.17) is 11.6 Å². The molecule has 0 amide bonds. The third-order valence-electron chi connectivity index (χ3n) is 1.79. The molecular weight excluding hydrogens is 240 g/mol. The van der Waals surface area contributed by atoms with Crippen molar-refractivity contribution >= 4 is 17.6 Å². The zero-order chi connectivity index (χ0) is 12.3. The van der Waals surface area contributed by atoms with Crippen molar-refractivity contribution in [2.45, 2.75) is 19.8 Å². The van der Waals surface area contributed by atoms with Crippen LogP contribution in [-0.2, 0) is 15.5 Å². The fourth-order valence-corrected chi connectivity index (χ4v) is 1.38. The number of carbonyl (C=O) groups is 1. The maximum atomic E-state index is 13.5. The minimum Gasteiger partial charge on any atom is -0.461 e. The number of hydrogen-bond donors (Lipinski definition) is 0. The van der Waals surface area contributed by atoms with Gasteiger partial charge < -0.3 is 4.74 Å². The Hall–Kier alpha value is -1.23. The van der Waals surface area contributed by atoms with Gasteiger partial charge in [0.2, 0.25) is 0 Å². The topological polar surface area (TPSA) is 39.2 Å². The predicted molar refractivity (Wildman–Crippen MR) is 54.5 cm³/mol. The molecule has 0 aliphatic rings. The lowest BCUT2D eigenvalue weighted by molar-refractivity contribution is -0.173. The lowest BCUT2D eigenvalue weighted by Crippen LogP contribution is -2.29. The quantitative estimate of drug-likeness (QED) is 0.611. The van der Waals surface area contributed by atoms with Crippen LogP contribution in [0.3, 0.4) is 0 Å². The van der Waals surface area contributed by atoms with Crippen molar-refractivity contribution in [1.29, 1.82) is 0 Å². The first-order valence-corrected chi connectivity index (χ1v) is 4.95. The molecule has 1 aromatic rings. The molecule has 16 heavy (non-hydrogen) atoms. The Morgan fingerprint density at radius 1 is 1.56 bits per heavy atom. The van der Waals surface area contributed by atoms with Gasteiger partial charge in [-0.1, -0.05) is 11.6 Å². The monoisotopic (exact) mass is 249 g/mol. The highest BCUT2D eigenvalue weighted by molar-refractivity contribution is 6.29. The van der Waals surface area contributed by atoms with Crippen molar-refractivity contribution in [3.8, 4) is 0 Å².